The van der Waals surface area contributed by atoms with Crippen molar-refractivity contribution in [2.75, 3.05) is 13.2 Å². The van der Waals surface area contributed by atoms with Crippen LogP contribution in [0.2, 0.25) is 0 Å². The van der Waals surface area contributed by atoms with E-state index in [0.717, 1.165) is 11.1 Å². The summed E-state index contributed by atoms with van der Waals surface area (Å²) >= 11 is 0. The zero-order valence-electron chi connectivity index (χ0n) is 14.7. The normalized spacial score (nSPS) is 28.0. The smallest absolute Gasteiger partial charge is 0.410 e. The van der Waals surface area contributed by atoms with Gasteiger partial charge in [0.1, 0.15) is 6.61 Å². The third-order valence-corrected chi connectivity index (χ3v) is 5.21. The Balaban J connectivity index is 1.47. The molecule has 2 aromatic rings. The van der Waals surface area contributed by atoms with Crippen molar-refractivity contribution >= 4 is 6.09 Å². The Hall–Kier alpha value is -2.38. The lowest BCUT2D eigenvalue weighted by Crippen LogP contribution is -2.62. The fourth-order valence-corrected chi connectivity index (χ4v) is 3.97. The lowest BCUT2D eigenvalue weighted by Gasteiger charge is -2.50. The van der Waals surface area contributed by atoms with Crippen molar-refractivity contribution in [2.24, 2.45) is 7.05 Å². The van der Waals surface area contributed by atoms with Gasteiger partial charge in [-0.15, -0.1) is 0 Å². The SMILES string of the molecule is Cn1cc(C2(O)CC3COCC(C2)N3C(=O)OCc2ccccc2)cn1. The molecule has 1 aromatic carbocycles. The molecule has 0 radical (unpaired) electrons. The van der Waals surface area contributed by atoms with Crippen LogP contribution >= 0.6 is 0 Å². The molecule has 1 aromatic heterocycles. The Kier molecular flexibility index (Phi) is 4.42. The quantitative estimate of drug-likeness (QED) is 0.907. The number of carbonyl (C=O) groups excluding carboxylic acids is 1. The molecule has 2 unspecified atom stereocenters. The molecule has 0 spiro atoms. The largest absolute Gasteiger partial charge is 0.445 e. The average Bonchev–Trinajstić information content (AvgIpc) is 3.07. The average molecular weight is 357 g/mol. The first-order chi connectivity index (χ1) is 12.5. The van der Waals surface area contributed by atoms with Crippen molar-refractivity contribution in [3.05, 3.63) is 53.9 Å². The fraction of sp³-hybridized carbons (Fsp3) is 0.474. The molecule has 2 saturated heterocycles. The number of aryl methyl sites for hydroxylation is 1. The minimum absolute atomic E-state index is 0.212. The Morgan fingerprint density at radius 1 is 1.31 bits per heavy atom. The Bertz CT molecular complexity index is 762. The molecule has 1 amide bonds. The van der Waals surface area contributed by atoms with Gasteiger partial charge in [0.25, 0.3) is 0 Å². The number of ether oxygens (including phenoxy) is 2. The van der Waals surface area contributed by atoms with Crippen molar-refractivity contribution in [3.8, 4) is 0 Å². The van der Waals surface area contributed by atoms with E-state index in [1.807, 2.05) is 43.6 Å². The van der Waals surface area contributed by atoms with Gasteiger partial charge in [-0.2, -0.15) is 5.10 Å². The summed E-state index contributed by atoms with van der Waals surface area (Å²) in [6.45, 7) is 1.04. The fourth-order valence-electron chi connectivity index (χ4n) is 3.97. The van der Waals surface area contributed by atoms with E-state index in [1.165, 1.54) is 0 Å². The molecule has 2 atom stereocenters. The van der Waals surface area contributed by atoms with Crippen LogP contribution in [0.3, 0.4) is 0 Å². The number of nitrogens with zero attached hydrogens (tertiary/aromatic N) is 3. The number of hydrogen-bond acceptors (Lipinski definition) is 5. The molecule has 2 bridgehead atoms. The van der Waals surface area contributed by atoms with Crippen LogP contribution in [0.25, 0.3) is 0 Å². The van der Waals surface area contributed by atoms with Crippen molar-refractivity contribution in [1.82, 2.24) is 14.7 Å². The third-order valence-electron chi connectivity index (χ3n) is 5.21. The van der Waals surface area contributed by atoms with Crippen LogP contribution in [0, 0.1) is 0 Å². The number of fused-ring (bicyclic) bond motifs is 2. The standard InChI is InChI=1S/C19H23N3O4/c1-21-10-15(9-20-21)19(24)7-16-12-25-13-17(8-19)22(16)18(23)26-11-14-5-3-2-4-6-14/h2-6,9-10,16-17,24H,7-8,11-13H2,1H3. The zero-order valence-corrected chi connectivity index (χ0v) is 14.7. The number of carbonyl (C=O) groups is 1. The monoisotopic (exact) mass is 357 g/mol. The van der Waals surface area contributed by atoms with Gasteiger partial charge in [-0.05, 0) is 5.56 Å². The number of hydrogen-bond donors (Lipinski definition) is 1. The molecule has 26 heavy (non-hydrogen) atoms. The number of amides is 1. The summed E-state index contributed by atoms with van der Waals surface area (Å²) in [6.07, 6.45) is 4.01. The zero-order chi connectivity index (χ0) is 18.1. The molecule has 1 N–H and O–H groups in total. The molecule has 3 heterocycles. The van der Waals surface area contributed by atoms with E-state index in [4.69, 9.17) is 9.47 Å². The van der Waals surface area contributed by atoms with Crippen molar-refractivity contribution in [1.29, 1.82) is 0 Å². The van der Waals surface area contributed by atoms with Crippen molar-refractivity contribution < 1.29 is 19.4 Å². The summed E-state index contributed by atoms with van der Waals surface area (Å²) < 4.78 is 12.8. The minimum atomic E-state index is -0.996. The summed E-state index contributed by atoms with van der Waals surface area (Å²) in [5, 5.41) is 15.3. The second-order valence-corrected chi connectivity index (χ2v) is 7.14. The lowest BCUT2D eigenvalue weighted by molar-refractivity contribution is -0.136. The summed E-state index contributed by atoms with van der Waals surface area (Å²) in [4.78, 5) is 14.4. The molecule has 2 fully saturated rings. The van der Waals surface area contributed by atoms with Crippen LogP contribution in [-0.4, -0.2) is 51.2 Å². The number of rotatable bonds is 3. The molecule has 2 aliphatic rings. The number of morpholine rings is 1. The highest BCUT2D eigenvalue weighted by molar-refractivity contribution is 5.69. The molecule has 0 saturated carbocycles. The van der Waals surface area contributed by atoms with Crippen LogP contribution in [0.5, 0.6) is 0 Å². The van der Waals surface area contributed by atoms with Gasteiger partial charge in [0.15, 0.2) is 0 Å². The highest BCUT2D eigenvalue weighted by atomic mass is 16.6. The van der Waals surface area contributed by atoms with Crippen LogP contribution in [0.15, 0.2) is 42.7 Å². The predicted molar refractivity (Wildman–Crippen MR) is 93.2 cm³/mol. The maximum absolute atomic E-state index is 12.7. The summed E-state index contributed by atoms with van der Waals surface area (Å²) in [5.41, 5.74) is 0.740. The number of benzene rings is 1. The van der Waals surface area contributed by atoms with E-state index in [2.05, 4.69) is 5.10 Å². The second kappa shape index (κ2) is 6.74. The van der Waals surface area contributed by atoms with E-state index >= 15 is 0 Å². The van der Waals surface area contributed by atoms with E-state index < -0.39 is 5.60 Å². The summed E-state index contributed by atoms with van der Waals surface area (Å²) in [5.74, 6) is 0. The lowest BCUT2D eigenvalue weighted by atomic mass is 9.78. The first-order valence-electron chi connectivity index (χ1n) is 8.83. The molecule has 2 aliphatic heterocycles. The van der Waals surface area contributed by atoms with Crippen molar-refractivity contribution in [2.45, 2.75) is 37.1 Å². The van der Waals surface area contributed by atoms with Crippen LogP contribution < -0.4 is 0 Å². The molecule has 138 valence electrons. The highest BCUT2D eigenvalue weighted by Gasteiger charge is 2.49. The molecule has 0 aliphatic carbocycles. The van der Waals surface area contributed by atoms with Gasteiger partial charge in [-0.3, -0.25) is 9.58 Å². The van der Waals surface area contributed by atoms with Crippen LogP contribution in [0.1, 0.15) is 24.0 Å². The van der Waals surface area contributed by atoms with Crippen molar-refractivity contribution in [3.63, 3.8) is 0 Å². The Morgan fingerprint density at radius 3 is 2.62 bits per heavy atom. The Labute approximate surface area is 152 Å². The van der Waals surface area contributed by atoms with E-state index in [-0.39, 0.29) is 24.8 Å². The van der Waals surface area contributed by atoms with Gasteiger partial charge in [0.2, 0.25) is 0 Å². The first kappa shape index (κ1) is 17.1. The van der Waals surface area contributed by atoms with Gasteiger partial charge in [-0.1, -0.05) is 30.3 Å². The maximum Gasteiger partial charge on any atom is 0.410 e. The number of piperidine rings is 1. The second-order valence-electron chi connectivity index (χ2n) is 7.14. The first-order valence-corrected chi connectivity index (χ1v) is 8.83. The third kappa shape index (κ3) is 3.20. The predicted octanol–water partition coefficient (Wildman–Crippen LogP) is 1.81. The van der Waals surface area contributed by atoms with Gasteiger partial charge in [0, 0.05) is 31.6 Å². The molecule has 7 nitrogen and oxygen atoms in total. The topological polar surface area (TPSA) is 76.8 Å². The molecule has 4 rings (SSSR count). The van der Waals surface area contributed by atoms with Gasteiger partial charge >= 0.3 is 6.09 Å². The number of aromatic nitrogens is 2. The molecule has 7 heteroatoms. The van der Waals surface area contributed by atoms with E-state index in [9.17, 15) is 9.90 Å². The maximum atomic E-state index is 12.7. The van der Waals surface area contributed by atoms with Gasteiger partial charge in [0.05, 0.1) is 37.1 Å². The highest BCUT2D eigenvalue weighted by Crippen LogP contribution is 2.41. The van der Waals surface area contributed by atoms with Gasteiger partial charge in [-0.25, -0.2) is 4.79 Å². The molecular formula is C19H23N3O4. The number of aliphatic hydroxyl groups is 1. The van der Waals surface area contributed by atoms with Crippen LogP contribution in [-0.2, 0) is 28.7 Å². The Morgan fingerprint density at radius 2 is 2.00 bits per heavy atom. The van der Waals surface area contributed by atoms with E-state index in [1.54, 1.807) is 15.8 Å². The van der Waals surface area contributed by atoms with Gasteiger partial charge < -0.3 is 14.6 Å². The van der Waals surface area contributed by atoms with Crippen LogP contribution in [0.4, 0.5) is 4.79 Å². The minimum Gasteiger partial charge on any atom is -0.445 e. The summed E-state index contributed by atoms with van der Waals surface area (Å²) in [6, 6.07) is 9.19. The molecular weight excluding hydrogens is 334 g/mol. The van der Waals surface area contributed by atoms with E-state index in [0.29, 0.717) is 26.1 Å². The summed E-state index contributed by atoms with van der Waals surface area (Å²) in [7, 11) is 1.83.